The second kappa shape index (κ2) is 44.8. The van der Waals surface area contributed by atoms with Crippen LogP contribution in [0.25, 0.3) is 0 Å². The van der Waals surface area contributed by atoms with E-state index in [4.69, 9.17) is 0 Å². The molecule has 0 fully saturated rings. The monoisotopic (exact) mass is 404 g/mol. The van der Waals surface area contributed by atoms with Crippen LogP contribution in [0.4, 0.5) is 0 Å². The van der Waals surface area contributed by atoms with Crippen LogP contribution in [0.15, 0.2) is 0 Å². The van der Waals surface area contributed by atoms with Gasteiger partial charge in [-0.1, -0.05) is 117 Å². The maximum Gasteiger partial charge on any atom is 4.00 e. The van der Waals surface area contributed by atoms with Crippen molar-refractivity contribution in [1.29, 1.82) is 0 Å². The minimum absolute atomic E-state index is 0. The van der Waals surface area contributed by atoms with Crippen molar-refractivity contribution in [2.24, 2.45) is 0 Å². The Bertz CT molecular complexity index is 116. The van der Waals surface area contributed by atoms with E-state index in [1.165, 1.54) is 96.3 Å². The fraction of sp³-hybridized carbons (Fsp3) is 0.875. The van der Waals surface area contributed by atoms with Crippen molar-refractivity contribution >= 4 is 0 Å². The van der Waals surface area contributed by atoms with Gasteiger partial charge < -0.3 is 26.2 Å². The Morgan fingerprint density at radius 1 is 0.385 bits per heavy atom. The molecule has 0 saturated heterocycles. The summed E-state index contributed by atoms with van der Waals surface area (Å²) in [6.07, 6.45) is 23.9. The van der Waals surface area contributed by atoms with Crippen LogP contribution in [-0.2, 0) is 21.7 Å². The Morgan fingerprint density at radius 3 is 0.731 bits per heavy atom. The van der Waals surface area contributed by atoms with Gasteiger partial charge in [0.25, 0.3) is 0 Å². The van der Waals surface area contributed by atoms with E-state index in [0.717, 1.165) is 19.3 Å². The fourth-order valence-electron chi connectivity index (χ4n) is 2.34. The van der Waals surface area contributed by atoms with Gasteiger partial charge in [0.15, 0.2) is 0 Å². The van der Waals surface area contributed by atoms with Gasteiger partial charge in [-0.05, 0) is 0 Å². The minimum atomic E-state index is 0. The molecule has 158 valence electrons. The number of rotatable bonds is 15. The molecular weight excluding hydrogens is 352 g/mol. The Morgan fingerprint density at radius 2 is 0.577 bits per heavy atom. The Balaban J connectivity index is -0.0000000817. The van der Waals surface area contributed by atoms with E-state index in [0.29, 0.717) is 0 Å². The van der Waals surface area contributed by atoms with Crippen molar-refractivity contribution in [2.45, 2.75) is 136 Å². The SMILES string of the molecule is [CH2-]CCCCCCC.[CH2-]CCCCCCC.[CH2-]CCCCCCC.[OH-].[Ti+4]. The van der Waals surface area contributed by atoms with Crippen molar-refractivity contribution in [3.05, 3.63) is 20.8 Å². The first-order valence-corrected chi connectivity index (χ1v) is 11.1. The van der Waals surface area contributed by atoms with E-state index in [-0.39, 0.29) is 27.2 Å². The summed E-state index contributed by atoms with van der Waals surface area (Å²) in [5.41, 5.74) is 0. The molecule has 0 saturated carbocycles. The molecule has 0 aliphatic heterocycles. The smallest absolute Gasteiger partial charge is 0.870 e. The zero-order chi connectivity index (χ0) is 18.7. The zero-order valence-corrected chi connectivity index (χ0v) is 20.4. The van der Waals surface area contributed by atoms with Gasteiger partial charge in [-0.3, -0.25) is 0 Å². The molecule has 0 aromatic heterocycles. The molecule has 0 rings (SSSR count). The first-order valence-electron chi connectivity index (χ1n) is 11.1. The summed E-state index contributed by atoms with van der Waals surface area (Å²) in [5, 5.41) is 0. The second-order valence-corrected chi connectivity index (χ2v) is 6.80. The summed E-state index contributed by atoms with van der Waals surface area (Å²) in [7, 11) is 0. The quantitative estimate of drug-likeness (QED) is 0.152. The summed E-state index contributed by atoms with van der Waals surface area (Å²) in [6.45, 7) is 18.1. The van der Waals surface area contributed by atoms with Crippen LogP contribution in [0.1, 0.15) is 136 Å². The molecule has 0 radical (unpaired) electrons. The summed E-state index contributed by atoms with van der Waals surface area (Å²) >= 11 is 0. The average Bonchev–Trinajstić information content (AvgIpc) is 2.61. The zero-order valence-electron chi connectivity index (χ0n) is 18.8. The van der Waals surface area contributed by atoms with Crippen LogP contribution in [0.3, 0.4) is 0 Å². The third kappa shape index (κ3) is 56.3. The predicted molar refractivity (Wildman–Crippen MR) is 118 cm³/mol. The van der Waals surface area contributed by atoms with Crippen molar-refractivity contribution in [1.82, 2.24) is 0 Å². The molecule has 0 aliphatic rings. The molecule has 0 unspecified atom stereocenters. The van der Waals surface area contributed by atoms with Crippen molar-refractivity contribution < 1.29 is 27.2 Å². The molecule has 0 spiro atoms. The third-order valence-electron chi connectivity index (χ3n) is 4.06. The Labute approximate surface area is 184 Å². The van der Waals surface area contributed by atoms with E-state index in [1.54, 1.807) is 0 Å². The van der Waals surface area contributed by atoms with Gasteiger partial charge >= 0.3 is 21.7 Å². The molecule has 0 aliphatic carbocycles. The molecule has 0 aromatic carbocycles. The maximum atomic E-state index is 3.78. The van der Waals surface area contributed by atoms with E-state index >= 15 is 0 Å². The van der Waals surface area contributed by atoms with E-state index in [1.807, 2.05) is 0 Å². The standard InChI is InChI=1S/3C8H17.H2O.Ti/c3*1-3-5-7-8-6-4-2;;/h3*1,3-8H2,2H3;1H2;/q3*-1;;+4/p-1. The summed E-state index contributed by atoms with van der Waals surface area (Å²) in [4.78, 5) is 0. The molecule has 0 bridgehead atoms. The second-order valence-electron chi connectivity index (χ2n) is 6.80. The molecule has 0 heterocycles. The van der Waals surface area contributed by atoms with Crippen molar-refractivity contribution in [3.63, 3.8) is 0 Å². The van der Waals surface area contributed by atoms with Crippen LogP contribution in [0.2, 0.25) is 0 Å². The largest absolute Gasteiger partial charge is 4.00 e. The van der Waals surface area contributed by atoms with E-state index in [9.17, 15) is 0 Å². The molecule has 2 heteroatoms. The average molecular weight is 405 g/mol. The van der Waals surface area contributed by atoms with Crippen LogP contribution in [0, 0.1) is 20.8 Å². The van der Waals surface area contributed by atoms with Gasteiger partial charge in [-0.25, -0.2) is 0 Å². The minimum Gasteiger partial charge on any atom is -0.870 e. The predicted octanol–water partition coefficient (Wildman–Crippen LogP) is 9.36. The first kappa shape index (κ1) is 37.4. The number of hydrogen-bond acceptors (Lipinski definition) is 1. The normalized spacial score (nSPS) is 9.00. The maximum absolute atomic E-state index is 3.78. The van der Waals surface area contributed by atoms with Gasteiger partial charge in [0.05, 0.1) is 0 Å². The molecule has 1 nitrogen and oxygen atoms in total. The topological polar surface area (TPSA) is 30.0 Å². The van der Waals surface area contributed by atoms with Gasteiger partial charge in [-0.2, -0.15) is 19.3 Å². The number of hydrogen-bond donors (Lipinski definition) is 0. The summed E-state index contributed by atoms with van der Waals surface area (Å²) in [5.74, 6) is 0. The van der Waals surface area contributed by atoms with Gasteiger partial charge in [0.1, 0.15) is 0 Å². The fourth-order valence-corrected chi connectivity index (χ4v) is 2.34. The molecular formula is C24H52OTi. The van der Waals surface area contributed by atoms with Crippen LogP contribution in [-0.4, -0.2) is 5.48 Å². The Hall–Kier alpha value is 0.674. The molecule has 26 heavy (non-hydrogen) atoms. The summed E-state index contributed by atoms with van der Waals surface area (Å²) < 4.78 is 0. The van der Waals surface area contributed by atoms with Crippen molar-refractivity contribution in [3.8, 4) is 0 Å². The van der Waals surface area contributed by atoms with Crippen molar-refractivity contribution in [2.75, 3.05) is 0 Å². The van der Waals surface area contributed by atoms with Crippen LogP contribution in [0.5, 0.6) is 0 Å². The van der Waals surface area contributed by atoms with Gasteiger partial charge in [0.2, 0.25) is 0 Å². The van der Waals surface area contributed by atoms with E-state index in [2.05, 4.69) is 41.5 Å². The first-order chi connectivity index (χ1) is 11.7. The van der Waals surface area contributed by atoms with Crippen LogP contribution >= 0.6 is 0 Å². The van der Waals surface area contributed by atoms with E-state index < -0.39 is 0 Å². The summed E-state index contributed by atoms with van der Waals surface area (Å²) in [6, 6.07) is 0. The van der Waals surface area contributed by atoms with Crippen LogP contribution < -0.4 is 0 Å². The van der Waals surface area contributed by atoms with Gasteiger partial charge in [0, 0.05) is 0 Å². The molecule has 0 atom stereocenters. The molecule has 0 amide bonds. The third-order valence-corrected chi connectivity index (χ3v) is 4.06. The Kier molecular flexibility index (Phi) is 64.5. The molecule has 1 N–H and O–H groups in total. The van der Waals surface area contributed by atoms with Gasteiger partial charge in [-0.15, -0.1) is 0 Å². The number of unbranched alkanes of at least 4 members (excludes halogenated alkanes) is 15. The molecule has 0 aromatic rings.